The van der Waals surface area contributed by atoms with E-state index in [9.17, 15) is 0 Å². The average Bonchev–Trinajstić information content (AvgIpc) is 2.53. The van der Waals surface area contributed by atoms with Crippen LogP contribution >= 0.6 is 11.6 Å². The van der Waals surface area contributed by atoms with Crippen LogP contribution in [0.4, 0.5) is 5.69 Å². The second-order valence-corrected chi connectivity index (χ2v) is 4.95. The molecule has 0 bridgehead atoms. The Morgan fingerprint density at radius 3 is 2.50 bits per heavy atom. The molecule has 3 aromatic rings. The van der Waals surface area contributed by atoms with Crippen LogP contribution in [0.25, 0.3) is 10.9 Å². The first kappa shape index (κ1) is 12.9. The van der Waals surface area contributed by atoms with Crippen molar-refractivity contribution in [3.63, 3.8) is 0 Å². The summed E-state index contributed by atoms with van der Waals surface area (Å²) in [6.45, 7) is 0.713. The van der Waals surface area contributed by atoms with Crippen molar-refractivity contribution >= 4 is 28.2 Å². The van der Waals surface area contributed by atoms with Gasteiger partial charge in [0.25, 0.3) is 0 Å². The van der Waals surface area contributed by atoms with Gasteiger partial charge >= 0.3 is 0 Å². The summed E-state index contributed by atoms with van der Waals surface area (Å²) in [6, 6.07) is 20.5. The average molecular weight is 283 g/mol. The SMILES string of the molecule is ClCc1ccc(NCc2ccc3ccccc3n2)cc1. The number of nitrogens with one attached hydrogen (secondary N) is 1. The first-order valence-corrected chi connectivity index (χ1v) is 7.12. The molecule has 0 unspecified atom stereocenters. The molecule has 1 aromatic heterocycles. The molecule has 0 aliphatic heterocycles. The van der Waals surface area contributed by atoms with Crippen LogP contribution in [0.15, 0.2) is 60.7 Å². The van der Waals surface area contributed by atoms with Gasteiger partial charge in [-0.05, 0) is 29.8 Å². The van der Waals surface area contributed by atoms with Crippen LogP contribution in [0.1, 0.15) is 11.3 Å². The molecule has 0 spiro atoms. The van der Waals surface area contributed by atoms with Crippen molar-refractivity contribution < 1.29 is 0 Å². The van der Waals surface area contributed by atoms with E-state index in [0.717, 1.165) is 22.5 Å². The fraction of sp³-hybridized carbons (Fsp3) is 0.118. The third-order valence-electron chi connectivity index (χ3n) is 3.24. The number of hydrogen-bond donors (Lipinski definition) is 1. The van der Waals surface area contributed by atoms with Crippen molar-refractivity contribution in [2.75, 3.05) is 5.32 Å². The predicted octanol–water partition coefficient (Wildman–Crippen LogP) is 4.59. The molecule has 0 aliphatic rings. The Morgan fingerprint density at radius 2 is 1.70 bits per heavy atom. The Morgan fingerprint density at radius 1 is 0.900 bits per heavy atom. The molecule has 0 amide bonds. The Labute approximate surface area is 123 Å². The van der Waals surface area contributed by atoms with Crippen LogP contribution in [0.3, 0.4) is 0 Å². The summed E-state index contributed by atoms with van der Waals surface area (Å²) in [5, 5.41) is 4.54. The molecule has 2 aromatic carbocycles. The van der Waals surface area contributed by atoms with Crippen LogP contribution in [0, 0.1) is 0 Å². The lowest BCUT2D eigenvalue weighted by Crippen LogP contribution is -2.01. The number of pyridine rings is 1. The van der Waals surface area contributed by atoms with E-state index in [1.54, 1.807) is 0 Å². The van der Waals surface area contributed by atoms with Gasteiger partial charge in [-0.1, -0.05) is 36.4 Å². The van der Waals surface area contributed by atoms with E-state index in [2.05, 4.69) is 28.5 Å². The topological polar surface area (TPSA) is 24.9 Å². The maximum Gasteiger partial charge on any atom is 0.0706 e. The molecule has 3 heteroatoms. The highest BCUT2D eigenvalue weighted by atomic mass is 35.5. The van der Waals surface area contributed by atoms with Gasteiger partial charge in [-0.2, -0.15) is 0 Å². The molecule has 0 fully saturated rings. The third kappa shape index (κ3) is 2.91. The largest absolute Gasteiger partial charge is 0.379 e. The summed E-state index contributed by atoms with van der Waals surface area (Å²) in [5.41, 5.74) is 4.27. The van der Waals surface area contributed by atoms with Crippen LogP contribution in [0.2, 0.25) is 0 Å². The molecule has 3 rings (SSSR count). The van der Waals surface area contributed by atoms with Crippen molar-refractivity contribution in [3.05, 3.63) is 71.9 Å². The number of anilines is 1. The summed E-state index contributed by atoms with van der Waals surface area (Å²) in [7, 11) is 0. The molecular formula is C17H15ClN2. The van der Waals surface area contributed by atoms with Gasteiger partial charge in [0.1, 0.15) is 0 Å². The first-order chi connectivity index (χ1) is 9.85. The van der Waals surface area contributed by atoms with E-state index in [1.807, 2.05) is 42.5 Å². The van der Waals surface area contributed by atoms with E-state index in [1.165, 1.54) is 5.39 Å². The Balaban J connectivity index is 1.72. The number of rotatable bonds is 4. The highest BCUT2D eigenvalue weighted by Crippen LogP contribution is 2.14. The standard InChI is InChI=1S/C17H15ClN2/c18-11-13-5-8-15(9-6-13)19-12-16-10-7-14-3-1-2-4-17(14)20-16/h1-10,19H,11-12H2. The zero-order valence-electron chi connectivity index (χ0n) is 11.0. The lowest BCUT2D eigenvalue weighted by atomic mass is 10.2. The van der Waals surface area contributed by atoms with Gasteiger partial charge in [0.15, 0.2) is 0 Å². The summed E-state index contributed by atoms with van der Waals surface area (Å²) < 4.78 is 0. The Hall–Kier alpha value is -2.06. The summed E-state index contributed by atoms with van der Waals surface area (Å²) >= 11 is 5.78. The number of benzene rings is 2. The molecule has 0 aliphatic carbocycles. The van der Waals surface area contributed by atoms with E-state index < -0.39 is 0 Å². The molecular weight excluding hydrogens is 268 g/mol. The number of nitrogens with zero attached hydrogens (tertiary/aromatic N) is 1. The molecule has 2 nitrogen and oxygen atoms in total. The van der Waals surface area contributed by atoms with E-state index in [0.29, 0.717) is 12.4 Å². The molecule has 100 valence electrons. The zero-order valence-corrected chi connectivity index (χ0v) is 11.8. The predicted molar refractivity (Wildman–Crippen MR) is 85.1 cm³/mol. The highest BCUT2D eigenvalue weighted by Gasteiger charge is 1.98. The molecule has 20 heavy (non-hydrogen) atoms. The van der Waals surface area contributed by atoms with Crippen molar-refractivity contribution in [2.24, 2.45) is 0 Å². The van der Waals surface area contributed by atoms with Crippen LogP contribution < -0.4 is 5.32 Å². The maximum absolute atomic E-state index is 5.78. The van der Waals surface area contributed by atoms with Crippen molar-refractivity contribution in [3.8, 4) is 0 Å². The van der Waals surface area contributed by atoms with Crippen molar-refractivity contribution in [2.45, 2.75) is 12.4 Å². The number of aromatic nitrogens is 1. The molecule has 0 saturated heterocycles. The fourth-order valence-electron chi connectivity index (χ4n) is 2.11. The quantitative estimate of drug-likeness (QED) is 0.708. The first-order valence-electron chi connectivity index (χ1n) is 6.58. The van der Waals surface area contributed by atoms with E-state index in [-0.39, 0.29) is 0 Å². The lowest BCUT2D eigenvalue weighted by molar-refractivity contribution is 1.07. The van der Waals surface area contributed by atoms with Crippen LogP contribution in [-0.2, 0) is 12.4 Å². The van der Waals surface area contributed by atoms with E-state index in [4.69, 9.17) is 11.6 Å². The number of hydrogen-bond acceptors (Lipinski definition) is 2. The normalized spacial score (nSPS) is 10.7. The van der Waals surface area contributed by atoms with Gasteiger partial charge in [0.2, 0.25) is 0 Å². The lowest BCUT2D eigenvalue weighted by Gasteiger charge is -2.07. The molecule has 1 N–H and O–H groups in total. The van der Waals surface area contributed by atoms with Gasteiger partial charge in [-0.25, -0.2) is 0 Å². The van der Waals surface area contributed by atoms with Gasteiger partial charge in [-0.3, -0.25) is 4.98 Å². The Bertz CT molecular complexity index is 708. The second-order valence-electron chi connectivity index (χ2n) is 4.68. The molecule has 0 saturated carbocycles. The summed E-state index contributed by atoms with van der Waals surface area (Å²) in [5.74, 6) is 0.548. The second kappa shape index (κ2) is 5.93. The molecule has 1 heterocycles. The highest BCUT2D eigenvalue weighted by molar-refractivity contribution is 6.17. The third-order valence-corrected chi connectivity index (χ3v) is 3.55. The minimum absolute atomic E-state index is 0.548. The minimum Gasteiger partial charge on any atom is -0.379 e. The zero-order chi connectivity index (χ0) is 13.8. The minimum atomic E-state index is 0.548. The summed E-state index contributed by atoms with van der Waals surface area (Å²) in [4.78, 5) is 4.64. The number of halogens is 1. The van der Waals surface area contributed by atoms with Gasteiger partial charge in [0, 0.05) is 17.0 Å². The number of alkyl halides is 1. The monoisotopic (exact) mass is 282 g/mol. The van der Waals surface area contributed by atoms with Gasteiger partial charge in [0.05, 0.1) is 17.8 Å². The van der Waals surface area contributed by atoms with E-state index >= 15 is 0 Å². The van der Waals surface area contributed by atoms with Crippen LogP contribution in [0.5, 0.6) is 0 Å². The maximum atomic E-state index is 5.78. The fourth-order valence-corrected chi connectivity index (χ4v) is 2.29. The summed E-state index contributed by atoms with van der Waals surface area (Å²) in [6.07, 6.45) is 0. The smallest absolute Gasteiger partial charge is 0.0706 e. The molecule has 0 radical (unpaired) electrons. The molecule has 0 atom stereocenters. The van der Waals surface area contributed by atoms with Crippen molar-refractivity contribution in [1.29, 1.82) is 0 Å². The van der Waals surface area contributed by atoms with Gasteiger partial charge in [-0.15, -0.1) is 11.6 Å². The number of fused-ring (bicyclic) bond motifs is 1. The van der Waals surface area contributed by atoms with Crippen LogP contribution in [-0.4, -0.2) is 4.98 Å². The Kier molecular flexibility index (Phi) is 3.84. The number of para-hydroxylation sites is 1. The van der Waals surface area contributed by atoms with Gasteiger partial charge < -0.3 is 5.32 Å². The van der Waals surface area contributed by atoms with Crippen molar-refractivity contribution in [1.82, 2.24) is 4.98 Å².